The van der Waals surface area contributed by atoms with Crippen molar-refractivity contribution in [3.05, 3.63) is 57.8 Å². The van der Waals surface area contributed by atoms with E-state index in [2.05, 4.69) is 19.7 Å². The van der Waals surface area contributed by atoms with Crippen molar-refractivity contribution in [2.24, 2.45) is 0 Å². The van der Waals surface area contributed by atoms with Gasteiger partial charge in [0.15, 0.2) is 11.7 Å². The predicted octanol–water partition coefficient (Wildman–Crippen LogP) is 6.22. The number of carbonyl (C=O) groups is 1. The van der Waals surface area contributed by atoms with Crippen molar-refractivity contribution >= 4 is 17.7 Å². The molecule has 186 valence electrons. The lowest BCUT2D eigenvalue weighted by atomic mass is 9.81. The highest BCUT2D eigenvalue weighted by molar-refractivity contribution is 6.30. The summed E-state index contributed by atoms with van der Waals surface area (Å²) >= 11 is 6.35. The summed E-state index contributed by atoms with van der Waals surface area (Å²) in [6.45, 7) is 10.3. The normalized spacial score (nSPS) is 20.2. The lowest BCUT2D eigenvalue weighted by molar-refractivity contribution is 0.0214. The molecule has 5 rings (SSSR count). The van der Waals surface area contributed by atoms with Crippen molar-refractivity contribution in [1.82, 2.24) is 24.6 Å². The highest BCUT2D eigenvalue weighted by Crippen LogP contribution is 2.41. The molecule has 0 N–H and O–H groups in total. The monoisotopic (exact) mass is 497 g/mol. The van der Waals surface area contributed by atoms with E-state index in [0.717, 1.165) is 65.9 Å². The number of ether oxygens (including phenoxy) is 1. The Bertz CT molecular complexity index is 1230. The van der Waals surface area contributed by atoms with E-state index in [1.54, 1.807) is 4.90 Å². The maximum absolute atomic E-state index is 13.0. The minimum absolute atomic E-state index is 0.265. The Kier molecular flexibility index (Phi) is 6.11. The van der Waals surface area contributed by atoms with Crippen LogP contribution >= 0.6 is 11.6 Å². The zero-order chi connectivity index (χ0) is 24.9. The van der Waals surface area contributed by atoms with Crippen LogP contribution < -0.4 is 0 Å². The van der Waals surface area contributed by atoms with Crippen LogP contribution in [0.25, 0.3) is 5.69 Å². The molecule has 9 heteroatoms. The average molecular weight is 498 g/mol. The van der Waals surface area contributed by atoms with Crippen LogP contribution in [0.15, 0.2) is 22.6 Å². The summed E-state index contributed by atoms with van der Waals surface area (Å²) in [5.41, 5.74) is 2.30. The van der Waals surface area contributed by atoms with E-state index < -0.39 is 5.60 Å². The van der Waals surface area contributed by atoms with Gasteiger partial charge in [0.2, 0.25) is 0 Å². The largest absolute Gasteiger partial charge is 0.445 e. The zero-order valence-electron chi connectivity index (χ0n) is 21.0. The van der Waals surface area contributed by atoms with Crippen molar-refractivity contribution in [3.63, 3.8) is 0 Å². The third-order valence-corrected chi connectivity index (χ3v) is 7.10. The maximum atomic E-state index is 13.0. The lowest BCUT2D eigenvalue weighted by Gasteiger charge is -2.26. The molecule has 0 bridgehead atoms. The highest BCUT2D eigenvalue weighted by Gasteiger charge is 2.34. The molecule has 0 unspecified atom stereocenters. The van der Waals surface area contributed by atoms with E-state index in [1.807, 2.05) is 52.8 Å². The molecular weight excluding hydrogens is 466 g/mol. The molecule has 1 saturated carbocycles. The third-order valence-electron chi connectivity index (χ3n) is 6.87. The van der Waals surface area contributed by atoms with Gasteiger partial charge in [-0.05, 0) is 84.1 Å². The van der Waals surface area contributed by atoms with Crippen LogP contribution in [0.5, 0.6) is 0 Å². The number of amides is 1. The summed E-state index contributed by atoms with van der Waals surface area (Å²) in [6, 6.07) is 5.79. The fraction of sp³-hybridized carbons (Fsp3) is 0.538. The first-order valence-electron chi connectivity index (χ1n) is 12.2. The van der Waals surface area contributed by atoms with Crippen LogP contribution in [-0.4, -0.2) is 36.3 Å². The molecule has 0 radical (unpaired) electrons. The van der Waals surface area contributed by atoms with Crippen molar-refractivity contribution in [3.8, 4) is 5.69 Å². The number of rotatable bonds is 2. The quantitative estimate of drug-likeness (QED) is 0.418. The van der Waals surface area contributed by atoms with E-state index >= 15 is 0 Å². The van der Waals surface area contributed by atoms with Crippen LogP contribution in [0, 0.1) is 13.8 Å². The van der Waals surface area contributed by atoms with E-state index in [1.165, 1.54) is 0 Å². The van der Waals surface area contributed by atoms with Gasteiger partial charge in [0.25, 0.3) is 0 Å². The van der Waals surface area contributed by atoms with Crippen LogP contribution in [0.1, 0.15) is 92.8 Å². The Morgan fingerprint density at radius 2 is 1.80 bits per heavy atom. The molecule has 3 heterocycles. The van der Waals surface area contributed by atoms with Gasteiger partial charge in [-0.3, -0.25) is 9.47 Å². The Morgan fingerprint density at radius 1 is 1.09 bits per heavy atom. The number of halogens is 1. The summed E-state index contributed by atoms with van der Waals surface area (Å²) in [7, 11) is 0. The van der Waals surface area contributed by atoms with Gasteiger partial charge in [-0.15, -0.1) is 10.2 Å². The molecule has 0 atom stereocenters. The molecule has 0 spiro atoms. The SMILES string of the molecule is Cc1nc([C@H]2CC[C@H](c3nnc4n3-c3ccc(Cl)cc3CN(C(=O)OC(C)(C)C)C4)CC2)oc1C. The van der Waals surface area contributed by atoms with Crippen molar-refractivity contribution in [2.75, 3.05) is 0 Å². The molecule has 8 nitrogen and oxygen atoms in total. The van der Waals surface area contributed by atoms with Gasteiger partial charge in [-0.25, -0.2) is 9.78 Å². The number of aryl methyl sites for hydroxylation is 2. The smallest absolute Gasteiger partial charge is 0.411 e. The number of fused-ring (bicyclic) bond motifs is 3. The first-order chi connectivity index (χ1) is 16.6. The van der Waals surface area contributed by atoms with E-state index in [4.69, 9.17) is 20.8 Å². The molecule has 1 amide bonds. The second-order valence-corrected chi connectivity index (χ2v) is 11.1. The Balaban J connectivity index is 1.44. The molecule has 35 heavy (non-hydrogen) atoms. The van der Waals surface area contributed by atoms with Gasteiger partial charge >= 0.3 is 6.09 Å². The number of carbonyl (C=O) groups excluding carboxylic acids is 1. The second kappa shape index (κ2) is 8.97. The van der Waals surface area contributed by atoms with Gasteiger partial charge < -0.3 is 9.15 Å². The minimum Gasteiger partial charge on any atom is -0.445 e. The topological polar surface area (TPSA) is 86.3 Å². The fourth-order valence-electron chi connectivity index (χ4n) is 5.02. The Morgan fingerprint density at radius 3 is 2.46 bits per heavy atom. The van der Waals surface area contributed by atoms with Crippen LogP contribution in [0.2, 0.25) is 5.02 Å². The van der Waals surface area contributed by atoms with Crippen molar-refractivity contribution in [2.45, 2.75) is 90.8 Å². The summed E-state index contributed by atoms with van der Waals surface area (Å²) < 4.78 is 13.7. The molecular formula is C26H32ClN5O3. The van der Waals surface area contributed by atoms with Crippen molar-refractivity contribution in [1.29, 1.82) is 0 Å². The number of benzene rings is 1. The number of hydrogen-bond acceptors (Lipinski definition) is 6. The number of nitrogens with zero attached hydrogens (tertiary/aromatic N) is 5. The van der Waals surface area contributed by atoms with E-state index in [-0.39, 0.29) is 12.0 Å². The van der Waals surface area contributed by atoms with E-state index in [0.29, 0.717) is 24.0 Å². The third kappa shape index (κ3) is 4.81. The molecule has 1 aliphatic heterocycles. The predicted molar refractivity (Wildman–Crippen MR) is 132 cm³/mol. The molecule has 2 aromatic heterocycles. The van der Waals surface area contributed by atoms with Gasteiger partial charge in [0.05, 0.1) is 24.5 Å². The van der Waals surface area contributed by atoms with Crippen LogP contribution in [0.4, 0.5) is 4.79 Å². The molecule has 1 aliphatic carbocycles. The summed E-state index contributed by atoms with van der Waals surface area (Å²) in [4.78, 5) is 19.3. The molecule has 2 aliphatic rings. The Labute approximate surface area is 210 Å². The molecule has 1 fully saturated rings. The first kappa shape index (κ1) is 23.9. The van der Waals surface area contributed by atoms with Gasteiger partial charge in [0, 0.05) is 16.9 Å². The minimum atomic E-state index is -0.585. The van der Waals surface area contributed by atoms with Crippen LogP contribution in [0.3, 0.4) is 0 Å². The standard InChI is InChI=1S/C26H32ClN5O3/c1-15-16(2)34-24(28-15)18-8-6-17(7-9-18)23-30-29-22-14-31(25(33)35-26(3,4)5)13-19-12-20(27)10-11-21(19)32(22)23/h10-12,17-18H,6-9,13-14H2,1-5H3/t17-,18-. The van der Waals surface area contributed by atoms with Crippen molar-refractivity contribution < 1.29 is 13.9 Å². The average Bonchev–Trinajstić information content (AvgIpc) is 3.30. The first-order valence-corrected chi connectivity index (χ1v) is 12.6. The number of aromatic nitrogens is 4. The number of oxazole rings is 1. The fourth-order valence-corrected chi connectivity index (χ4v) is 5.21. The van der Waals surface area contributed by atoms with Gasteiger partial charge in [-0.2, -0.15) is 0 Å². The second-order valence-electron chi connectivity index (χ2n) is 10.7. The highest BCUT2D eigenvalue weighted by atomic mass is 35.5. The summed E-state index contributed by atoms with van der Waals surface area (Å²) in [5, 5.41) is 9.79. The van der Waals surface area contributed by atoms with Gasteiger partial charge in [-0.1, -0.05) is 11.6 Å². The zero-order valence-corrected chi connectivity index (χ0v) is 21.7. The number of hydrogen-bond donors (Lipinski definition) is 0. The lowest BCUT2D eigenvalue weighted by Crippen LogP contribution is -2.35. The van der Waals surface area contributed by atoms with E-state index in [9.17, 15) is 4.79 Å². The summed E-state index contributed by atoms with van der Waals surface area (Å²) in [5.74, 6) is 4.02. The summed E-state index contributed by atoms with van der Waals surface area (Å²) in [6.07, 6.45) is 3.55. The molecule has 3 aromatic rings. The maximum Gasteiger partial charge on any atom is 0.411 e. The van der Waals surface area contributed by atoms with Gasteiger partial charge in [0.1, 0.15) is 17.2 Å². The van der Waals surface area contributed by atoms with Crippen LogP contribution in [-0.2, 0) is 17.8 Å². The Hall–Kier alpha value is -2.87. The molecule has 1 aromatic carbocycles. The molecule has 0 saturated heterocycles.